The topological polar surface area (TPSA) is 24.9 Å². The third-order valence-corrected chi connectivity index (χ3v) is 3.80. The van der Waals surface area contributed by atoms with E-state index in [-0.39, 0.29) is 0 Å². The van der Waals surface area contributed by atoms with Crippen molar-refractivity contribution < 1.29 is 0 Å². The van der Waals surface area contributed by atoms with Gasteiger partial charge in [-0.05, 0) is 42.4 Å². The summed E-state index contributed by atoms with van der Waals surface area (Å²) in [6, 6.07) is 2.92. The maximum Gasteiger partial charge on any atom is 0.0313 e. The lowest BCUT2D eigenvalue weighted by Crippen LogP contribution is -2.32. The Morgan fingerprint density at radius 3 is 2.93 bits per heavy atom. The Bertz CT molecular complexity index is 308. The van der Waals surface area contributed by atoms with Crippen LogP contribution in [0.4, 0.5) is 0 Å². The van der Waals surface area contributed by atoms with Crippen LogP contribution in [0.3, 0.4) is 0 Å². The van der Waals surface area contributed by atoms with Crippen LogP contribution in [0.2, 0.25) is 0 Å². The zero-order chi connectivity index (χ0) is 10.5. The molecule has 1 aromatic rings. The van der Waals surface area contributed by atoms with Crippen LogP contribution in [0.25, 0.3) is 0 Å². The SMILES string of the molecule is Cc1cncc(CNC2CCSCC2)c1. The maximum absolute atomic E-state index is 4.20. The number of nitrogens with zero attached hydrogens (tertiary/aromatic N) is 1. The van der Waals surface area contributed by atoms with Gasteiger partial charge in [0.15, 0.2) is 0 Å². The Kier molecular flexibility index (Phi) is 4.03. The van der Waals surface area contributed by atoms with Crippen molar-refractivity contribution in [3.8, 4) is 0 Å². The first kappa shape index (κ1) is 11.0. The van der Waals surface area contributed by atoms with E-state index < -0.39 is 0 Å². The first-order valence-corrected chi connectivity index (χ1v) is 6.72. The molecule has 0 spiro atoms. The number of nitrogens with one attached hydrogen (secondary N) is 1. The summed E-state index contributed by atoms with van der Waals surface area (Å²) in [6.07, 6.45) is 6.48. The van der Waals surface area contributed by atoms with Crippen LogP contribution in [0.15, 0.2) is 18.5 Å². The van der Waals surface area contributed by atoms with Crippen molar-refractivity contribution in [2.24, 2.45) is 0 Å². The molecule has 15 heavy (non-hydrogen) atoms. The number of aryl methyl sites for hydroxylation is 1. The molecule has 3 heteroatoms. The molecule has 2 nitrogen and oxygen atoms in total. The maximum atomic E-state index is 4.20. The average Bonchev–Trinajstić information content (AvgIpc) is 2.28. The fourth-order valence-corrected chi connectivity index (χ4v) is 2.98. The van der Waals surface area contributed by atoms with E-state index in [0.717, 1.165) is 6.54 Å². The molecule has 82 valence electrons. The van der Waals surface area contributed by atoms with Gasteiger partial charge in [0.1, 0.15) is 0 Å². The van der Waals surface area contributed by atoms with Crippen molar-refractivity contribution in [1.29, 1.82) is 0 Å². The van der Waals surface area contributed by atoms with Gasteiger partial charge in [0.05, 0.1) is 0 Å². The van der Waals surface area contributed by atoms with Gasteiger partial charge in [0.25, 0.3) is 0 Å². The molecule has 0 amide bonds. The zero-order valence-corrected chi connectivity index (χ0v) is 10.0. The quantitative estimate of drug-likeness (QED) is 0.850. The molecule has 0 bridgehead atoms. The number of thioether (sulfide) groups is 1. The second-order valence-corrected chi connectivity index (χ2v) is 5.36. The summed E-state index contributed by atoms with van der Waals surface area (Å²) in [5.74, 6) is 2.62. The average molecular weight is 222 g/mol. The predicted molar refractivity (Wildman–Crippen MR) is 66.2 cm³/mol. The lowest BCUT2D eigenvalue weighted by molar-refractivity contribution is 0.482. The third-order valence-electron chi connectivity index (χ3n) is 2.75. The lowest BCUT2D eigenvalue weighted by atomic mass is 10.1. The van der Waals surface area contributed by atoms with Gasteiger partial charge >= 0.3 is 0 Å². The molecule has 0 atom stereocenters. The molecule has 0 aromatic carbocycles. The van der Waals surface area contributed by atoms with Crippen LogP contribution < -0.4 is 5.32 Å². The number of rotatable bonds is 3. The Hall–Kier alpha value is -0.540. The van der Waals surface area contributed by atoms with Crippen LogP contribution in [0.5, 0.6) is 0 Å². The highest BCUT2D eigenvalue weighted by molar-refractivity contribution is 7.99. The highest BCUT2D eigenvalue weighted by atomic mass is 32.2. The third kappa shape index (κ3) is 3.50. The summed E-state index contributed by atoms with van der Waals surface area (Å²) in [5, 5.41) is 3.61. The van der Waals surface area contributed by atoms with Crippen LogP contribution in [-0.4, -0.2) is 22.5 Å². The molecule has 0 saturated carbocycles. The summed E-state index contributed by atoms with van der Waals surface area (Å²) < 4.78 is 0. The number of pyridine rings is 1. The van der Waals surface area contributed by atoms with E-state index in [9.17, 15) is 0 Å². The number of aromatic nitrogens is 1. The highest BCUT2D eigenvalue weighted by Gasteiger charge is 2.12. The van der Waals surface area contributed by atoms with Gasteiger partial charge in [-0.15, -0.1) is 0 Å². The normalized spacial score (nSPS) is 17.9. The van der Waals surface area contributed by atoms with Gasteiger partial charge in [-0.25, -0.2) is 0 Å². The Morgan fingerprint density at radius 2 is 2.20 bits per heavy atom. The van der Waals surface area contributed by atoms with E-state index in [0.29, 0.717) is 6.04 Å². The Balaban J connectivity index is 1.81. The van der Waals surface area contributed by atoms with Gasteiger partial charge < -0.3 is 5.32 Å². The van der Waals surface area contributed by atoms with Crippen molar-refractivity contribution >= 4 is 11.8 Å². The van der Waals surface area contributed by atoms with Crippen LogP contribution >= 0.6 is 11.8 Å². The monoisotopic (exact) mass is 222 g/mol. The van der Waals surface area contributed by atoms with Crippen molar-refractivity contribution in [3.05, 3.63) is 29.6 Å². The van der Waals surface area contributed by atoms with Gasteiger partial charge in [-0.1, -0.05) is 6.07 Å². The van der Waals surface area contributed by atoms with Gasteiger partial charge in [-0.3, -0.25) is 4.98 Å². The summed E-state index contributed by atoms with van der Waals surface area (Å²) in [4.78, 5) is 4.20. The number of hydrogen-bond donors (Lipinski definition) is 1. The van der Waals surface area contributed by atoms with Gasteiger partial charge in [0, 0.05) is 25.0 Å². The minimum atomic E-state index is 0.715. The molecule has 0 aliphatic carbocycles. The van der Waals surface area contributed by atoms with E-state index in [1.807, 2.05) is 12.4 Å². The predicted octanol–water partition coefficient (Wildman–Crippen LogP) is 2.38. The van der Waals surface area contributed by atoms with Crippen LogP contribution in [0.1, 0.15) is 24.0 Å². The van der Waals surface area contributed by atoms with E-state index in [1.165, 1.54) is 35.5 Å². The molecule has 1 aromatic heterocycles. The molecule has 1 fully saturated rings. The van der Waals surface area contributed by atoms with Crippen LogP contribution in [0, 0.1) is 6.92 Å². The minimum Gasteiger partial charge on any atom is -0.310 e. The van der Waals surface area contributed by atoms with Crippen molar-refractivity contribution in [1.82, 2.24) is 10.3 Å². The number of hydrogen-bond acceptors (Lipinski definition) is 3. The fraction of sp³-hybridized carbons (Fsp3) is 0.583. The summed E-state index contributed by atoms with van der Waals surface area (Å²) >= 11 is 2.07. The molecule has 1 N–H and O–H groups in total. The smallest absolute Gasteiger partial charge is 0.0313 e. The van der Waals surface area contributed by atoms with Crippen molar-refractivity contribution in [2.75, 3.05) is 11.5 Å². The molecule has 1 aliphatic rings. The van der Waals surface area contributed by atoms with Crippen molar-refractivity contribution in [2.45, 2.75) is 32.4 Å². The van der Waals surface area contributed by atoms with E-state index in [4.69, 9.17) is 0 Å². The summed E-state index contributed by atoms with van der Waals surface area (Å²) in [5.41, 5.74) is 2.54. The Morgan fingerprint density at radius 1 is 1.40 bits per heavy atom. The summed E-state index contributed by atoms with van der Waals surface area (Å²) in [6.45, 7) is 3.05. The molecule has 1 aliphatic heterocycles. The highest BCUT2D eigenvalue weighted by Crippen LogP contribution is 2.17. The van der Waals surface area contributed by atoms with E-state index in [2.05, 4.69) is 35.1 Å². The molecule has 1 saturated heterocycles. The van der Waals surface area contributed by atoms with E-state index in [1.54, 1.807) is 0 Å². The largest absolute Gasteiger partial charge is 0.310 e. The molecular weight excluding hydrogens is 204 g/mol. The first-order valence-electron chi connectivity index (χ1n) is 5.56. The first-order chi connectivity index (χ1) is 7.34. The lowest BCUT2D eigenvalue weighted by Gasteiger charge is -2.22. The summed E-state index contributed by atoms with van der Waals surface area (Å²) in [7, 11) is 0. The second kappa shape index (κ2) is 5.52. The van der Waals surface area contributed by atoms with Crippen molar-refractivity contribution in [3.63, 3.8) is 0 Å². The molecule has 0 unspecified atom stereocenters. The molecular formula is C12H18N2S. The van der Waals surface area contributed by atoms with Crippen LogP contribution in [-0.2, 0) is 6.54 Å². The van der Waals surface area contributed by atoms with E-state index >= 15 is 0 Å². The van der Waals surface area contributed by atoms with Gasteiger partial charge in [-0.2, -0.15) is 11.8 Å². The zero-order valence-electron chi connectivity index (χ0n) is 9.20. The van der Waals surface area contributed by atoms with Gasteiger partial charge in [0.2, 0.25) is 0 Å². The second-order valence-electron chi connectivity index (χ2n) is 4.14. The standard InChI is InChI=1S/C12H18N2S/c1-10-6-11(8-13-7-10)9-14-12-2-4-15-5-3-12/h6-8,12,14H,2-5,9H2,1H3. The minimum absolute atomic E-state index is 0.715. The fourth-order valence-electron chi connectivity index (χ4n) is 1.88. The molecule has 2 heterocycles. The Labute approximate surface area is 95.9 Å². The molecule has 2 rings (SSSR count). The molecule has 0 radical (unpaired) electrons.